The minimum absolute atomic E-state index is 0.148. The average molecular weight is 312 g/mol. The Morgan fingerprint density at radius 3 is 2.52 bits per heavy atom. The Bertz CT molecular complexity index is 576. The molecule has 116 valence electrons. The molecule has 0 saturated carbocycles. The van der Waals surface area contributed by atoms with Crippen molar-refractivity contribution in [1.82, 2.24) is 4.90 Å². The number of aryl methyl sites for hydroxylation is 1. The van der Waals surface area contributed by atoms with Crippen LogP contribution >= 0.6 is 11.3 Å². The van der Waals surface area contributed by atoms with Crippen LogP contribution in [0.2, 0.25) is 0 Å². The Labute approximate surface area is 127 Å². The predicted octanol–water partition coefficient (Wildman–Crippen LogP) is 2.44. The maximum Gasteiger partial charge on any atom is 0.338 e. The molecule has 1 aliphatic rings. The molecule has 3 N–H and O–H groups in total. The Morgan fingerprint density at radius 2 is 2.00 bits per heavy atom. The molecule has 0 aromatic carbocycles. The number of rotatable bonds is 4. The van der Waals surface area contributed by atoms with Gasteiger partial charge in [-0.1, -0.05) is 13.3 Å². The van der Waals surface area contributed by atoms with Gasteiger partial charge in [-0.2, -0.15) is 0 Å². The quantitative estimate of drug-likeness (QED) is 0.796. The van der Waals surface area contributed by atoms with Crippen LogP contribution in [0.25, 0.3) is 0 Å². The van der Waals surface area contributed by atoms with E-state index in [1.54, 1.807) is 6.92 Å². The summed E-state index contributed by atoms with van der Waals surface area (Å²) in [5.41, 5.74) is 0.0345. The number of likely N-dealkylation sites (tertiary alicyclic amines) is 1. The first kappa shape index (κ1) is 15.8. The SMILES string of the molecule is CCCC1(O)CN(C(=O)Nc2sc(C)c(C)c2C(=O)O)C1. The van der Waals surface area contributed by atoms with Gasteiger partial charge in [0.1, 0.15) is 5.00 Å². The fraction of sp³-hybridized carbons (Fsp3) is 0.571. The molecule has 0 radical (unpaired) electrons. The van der Waals surface area contributed by atoms with Crippen molar-refractivity contribution in [3.63, 3.8) is 0 Å². The van der Waals surface area contributed by atoms with Crippen LogP contribution in [-0.2, 0) is 0 Å². The normalized spacial score (nSPS) is 16.5. The Kier molecular flexibility index (Phi) is 4.25. The number of thiophene rings is 1. The van der Waals surface area contributed by atoms with Gasteiger partial charge in [0, 0.05) is 4.88 Å². The third-order valence-corrected chi connectivity index (χ3v) is 4.92. The van der Waals surface area contributed by atoms with Gasteiger partial charge in [-0.05, 0) is 25.8 Å². The lowest BCUT2D eigenvalue weighted by Crippen LogP contribution is -2.64. The molecule has 0 aliphatic carbocycles. The first-order valence-corrected chi connectivity index (χ1v) is 7.70. The Balaban J connectivity index is 2.05. The summed E-state index contributed by atoms with van der Waals surface area (Å²) in [6.45, 7) is 6.12. The van der Waals surface area contributed by atoms with Gasteiger partial charge in [0.25, 0.3) is 0 Å². The highest BCUT2D eigenvalue weighted by Crippen LogP contribution is 2.33. The number of anilines is 1. The molecule has 2 heterocycles. The highest BCUT2D eigenvalue weighted by molar-refractivity contribution is 7.16. The van der Waals surface area contributed by atoms with Gasteiger partial charge in [-0.25, -0.2) is 9.59 Å². The molecule has 1 aliphatic heterocycles. The molecule has 2 amide bonds. The fourth-order valence-electron chi connectivity index (χ4n) is 2.58. The van der Waals surface area contributed by atoms with Crippen LogP contribution in [-0.4, -0.2) is 45.8 Å². The van der Waals surface area contributed by atoms with E-state index >= 15 is 0 Å². The largest absolute Gasteiger partial charge is 0.478 e. The maximum atomic E-state index is 12.1. The smallest absolute Gasteiger partial charge is 0.338 e. The van der Waals surface area contributed by atoms with E-state index < -0.39 is 11.6 Å². The molecule has 0 bridgehead atoms. The van der Waals surface area contributed by atoms with Crippen LogP contribution < -0.4 is 5.32 Å². The molecule has 0 unspecified atom stereocenters. The zero-order valence-electron chi connectivity index (χ0n) is 12.4. The lowest BCUT2D eigenvalue weighted by molar-refractivity contribution is -0.0792. The highest BCUT2D eigenvalue weighted by atomic mass is 32.1. The molecular formula is C14H20N2O4S. The summed E-state index contributed by atoms with van der Waals surface area (Å²) >= 11 is 1.26. The van der Waals surface area contributed by atoms with E-state index in [1.807, 2.05) is 13.8 Å². The summed E-state index contributed by atoms with van der Waals surface area (Å²) in [6, 6.07) is -0.362. The lowest BCUT2D eigenvalue weighted by atomic mass is 9.90. The zero-order valence-corrected chi connectivity index (χ0v) is 13.2. The van der Waals surface area contributed by atoms with Gasteiger partial charge in [0.2, 0.25) is 0 Å². The van der Waals surface area contributed by atoms with Crippen LogP contribution in [0.5, 0.6) is 0 Å². The summed E-state index contributed by atoms with van der Waals surface area (Å²) < 4.78 is 0. The van der Waals surface area contributed by atoms with E-state index in [1.165, 1.54) is 16.2 Å². The van der Waals surface area contributed by atoms with Gasteiger partial charge < -0.3 is 15.1 Å². The molecule has 0 spiro atoms. The van der Waals surface area contributed by atoms with Crippen molar-refractivity contribution in [3.8, 4) is 0 Å². The number of urea groups is 1. The minimum Gasteiger partial charge on any atom is -0.478 e. The number of carboxylic acids is 1. The summed E-state index contributed by atoms with van der Waals surface area (Å²) in [4.78, 5) is 25.7. The first-order chi connectivity index (χ1) is 9.77. The van der Waals surface area contributed by atoms with E-state index in [-0.39, 0.29) is 11.6 Å². The number of carbonyl (C=O) groups excluding carboxylic acids is 1. The molecule has 1 aromatic heterocycles. The average Bonchev–Trinajstić information content (AvgIpc) is 2.61. The van der Waals surface area contributed by atoms with E-state index in [4.69, 9.17) is 0 Å². The van der Waals surface area contributed by atoms with Gasteiger partial charge in [-0.3, -0.25) is 5.32 Å². The van der Waals surface area contributed by atoms with Crippen LogP contribution in [0.4, 0.5) is 9.80 Å². The van der Waals surface area contributed by atoms with E-state index in [9.17, 15) is 19.8 Å². The van der Waals surface area contributed by atoms with Gasteiger partial charge >= 0.3 is 12.0 Å². The molecule has 21 heavy (non-hydrogen) atoms. The lowest BCUT2D eigenvalue weighted by Gasteiger charge is -2.46. The second kappa shape index (κ2) is 5.65. The summed E-state index contributed by atoms with van der Waals surface area (Å²) in [5.74, 6) is -1.04. The Morgan fingerprint density at radius 1 is 1.38 bits per heavy atom. The minimum atomic E-state index is -1.04. The van der Waals surface area contributed by atoms with Crippen LogP contribution in [0.15, 0.2) is 0 Å². The van der Waals surface area contributed by atoms with Crippen LogP contribution in [0.3, 0.4) is 0 Å². The van der Waals surface area contributed by atoms with E-state index in [2.05, 4.69) is 5.32 Å². The first-order valence-electron chi connectivity index (χ1n) is 6.89. The van der Waals surface area contributed by atoms with Crippen molar-refractivity contribution in [2.24, 2.45) is 0 Å². The second-order valence-corrected chi connectivity index (χ2v) is 6.78. The van der Waals surface area contributed by atoms with Gasteiger partial charge in [-0.15, -0.1) is 11.3 Å². The summed E-state index contributed by atoms with van der Waals surface area (Å²) in [5, 5.41) is 22.3. The highest BCUT2D eigenvalue weighted by Gasteiger charge is 2.43. The number of hydrogen-bond donors (Lipinski definition) is 3. The third kappa shape index (κ3) is 3.03. The molecule has 2 rings (SSSR count). The Hall–Kier alpha value is -1.60. The number of β-amino-alcohol motifs (C(OH)–C–C–N with tert-alkyl or cyclic N) is 1. The number of amides is 2. The number of carbonyl (C=O) groups is 2. The number of nitrogens with zero attached hydrogens (tertiary/aromatic N) is 1. The molecule has 6 nitrogen and oxygen atoms in total. The summed E-state index contributed by atoms with van der Waals surface area (Å²) in [6.07, 6.45) is 1.52. The number of carboxylic acid groups (broad SMARTS) is 1. The molecule has 1 fully saturated rings. The van der Waals surface area contributed by atoms with Crippen molar-refractivity contribution in [1.29, 1.82) is 0 Å². The van der Waals surface area contributed by atoms with Crippen molar-refractivity contribution in [2.75, 3.05) is 18.4 Å². The van der Waals surface area contributed by atoms with Gasteiger partial charge in [0.05, 0.1) is 24.3 Å². The van der Waals surface area contributed by atoms with Crippen molar-refractivity contribution in [3.05, 3.63) is 16.0 Å². The van der Waals surface area contributed by atoms with Crippen molar-refractivity contribution in [2.45, 2.75) is 39.2 Å². The fourth-order valence-corrected chi connectivity index (χ4v) is 3.62. The predicted molar refractivity (Wildman–Crippen MR) is 81.2 cm³/mol. The molecule has 1 saturated heterocycles. The number of aromatic carboxylic acids is 1. The van der Waals surface area contributed by atoms with E-state index in [0.717, 1.165) is 11.3 Å². The number of nitrogens with one attached hydrogen (secondary N) is 1. The zero-order chi connectivity index (χ0) is 15.8. The van der Waals surface area contributed by atoms with Gasteiger partial charge in [0.15, 0.2) is 0 Å². The number of aliphatic hydroxyl groups is 1. The van der Waals surface area contributed by atoms with E-state index in [0.29, 0.717) is 30.1 Å². The van der Waals surface area contributed by atoms with Crippen LogP contribution in [0, 0.1) is 13.8 Å². The standard InChI is InChI=1S/C14H20N2O4S/c1-4-5-14(20)6-16(7-14)13(19)15-11-10(12(17)18)8(2)9(3)21-11/h20H,4-7H2,1-3H3,(H,15,19)(H,17,18). The molecular weight excluding hydrogens is 292 g/mol. The molecule has 0 atom stereocenters. The maximum absolute atomic E-state index is 12.1. The van der Waals surface area contributed by atoms with Crippen molar-refractivity contribution >= 4 is 28.3 Å². The van der Waals surface area contributed by atoms with Crippen molar-refractivity contribution < 1.29 is 19.8 Å². The second-order valence-electron chi connectivity index (χ2n) is 5.55. The monoisotopic (exact) mass is 312 g/mol. The number of hydrogen-bond acceptors (Lipinski definition) is 4. The third-order valence-electron chi connectivity index (χ3n) is 3.79. The molecule has 7 heteroatoms. The topological polar surface area (TPSA) is 89.9 Å². The van der Waals surface area contributed by atoms with Crippen LogP contribution in [0.1, 0.15) is 40.6 Å². The summed E-state index contributed by atoms with van der Waals surface area (Å²) in [7, 11) is 0. The molecule has 1 aromatic rings.